The molecule has 3 rings (SSSR count). The molecule has 0 atom stereocenters. The number of aromatic nitrogens is 2. The van der Waals surface area contributed by atoms with Crippen molar-refractivity contribution >= 4 is 41.5 Å². The van der Waals surface area contributed by atoms with Gasteiger partial charge in [0, 0.05) is 32.9 Å². The van der Waals surface area contributed by atoms with Gasteiger partial charge in [0.1, 0.15) is 12.3 Å². The second-order valence-electron chi connectivity index (χ2n) is 6.87. The Morgan fingerprint density at radius 1 is 1.31 bits per heavy atom. The van der Waals surface area contributed by atoms with Crippen molar-refractivity contribution in [2.24, 2.45) is 12.0 Å². The molecule has 0 unspecified atom stereocenters. The number of nitrogens with zero attached hydrogens (tertiary/aromatic N) is 5. The average Bonchev–Trinajstić information content (AvgIpc) is 3.10. The number of carbonyl (C=O) groups is 1. The fraction of sp³-hybridized carbons (Fsp3) is 0.450. The van der Waals surface area contributed by atoms with Gasteiger partial charge in [0.2, 0.25) is 5.91 Å². The van der Waals surface area contributed by atoms with E-state index in [1.54, 1.807) is 22.9 Å². The average molecular weight is 512 g/mol. The Kier molecular flexibility index (Phi) is 8.30. The number of guanidine groups is 1. The minimum absolute atomic E-state index is 0. The lowest BCUT2D eigenvalue weighted by molar-refractivity contribution is -0.120. The molecule has 1 aliphatic heterocycles. The van der Waals surface area contributed by atoms with Gasteiger partial charge in [-0.15, -0.1) is 24.0 Å². The number of amides is 1. The maximum atomic E-state index is 12.7. The summed E-state index contributed by atoms with van der Waals surface area (Å²) in [4.78, 5) is 21.2. The molecule has 1 aromatic heterocycles. The van der Waals surface area contributed by atoms with Gasteiger partial charge in [-0.05, 0) is 37.1 Å². The zero-order valence-electron chi connectivity index (χ0n) is 17.4. The van der Waals surface area contributed by atoms with Crippen LogP contribution in [0, 0.1) is 6.92 Å². The number of benzene rings is 1. The molecule has 8 nitrogen and oxygen atoms in total. The number of nitrogens with one attached hydrogen (secondary N) is 1. The van der Waals surface area contributed by atoms with Gasteiger partial charge in [0.15, 0.2) is 5.96 Å². The molecule has 29 heavy (non-hydrogen) atoms. The molecule has 0 aliphatic carbocycles. The summed E-state index contributed by atoms with van der Waals surface area (Å²) in [6.45, 7) is 6.94. The summed E-state index contributed by atoms with van der Waals surface area (Å²) in [6.07, 6.45) is 3.58. The third kappa shape index (κ3) is 5.84. The van der Waals surface area contributed by atoms with Crippen molar-refractivity contribution in [2.75, 3.05) is 38.2 Å². The summed E-state index contributed by atoms with van der Waals surface area (Å²) in [5.74, 6) is 1.62. The van der Waals surface area contributed by atoms with Crippen molar-refractivity contribution in [3.63, 3.8) is 0 Å². The highest BCUT2D eigenvalue weighted by atomic mass is 127. The maximum Gasteiger partial charge on any atom is 0.246 e. The summed E-state index contributed by atoms with van der Waals surface area (Å²) in [5.41, 5.74) is 3.04. The van der Waals surface area contributed by atoms with Gasteiger partial charge in [-0.1, -0.05) is 6.07 Å². The molecule has 2 aromatic rings. The van der Waals surface area contributed by atoms with Crippen molar-refractivity contribution in [1.82, 2.24) is 20.0 Å². The molecule has 0 saturated carbocycles. The smallest absolute Gasteiger partial charge is 0.246 e. The van der Waals surface area contributed by atoms with Gasteiger partial charge in [0.05, 0.1) is 25.5 Å². The molecule has 0 radical (unpaired) electrons. The zero-order chi connectivity index (χ0) is 20.1. The van der Waals surface area contributed by atoms with Gasteiger partial charge in [-0.3, -0.25) is 9.48 Å². The Morgan fingerprint density at radius 3 is 2.72 bits per heavy atom. The van der Waals surface area contributed by atoms with Crippen molar-refractivity contribution < 1.29 is 9.53 Å². The van der Waals surface area contributed by atoms with Crippen molar-refractivity contribution in [1.29, 1.82) is 0 Å². The monoisotopic (exact) mass is 512 g/mol. The van der Waals surface area contributed by atoms with E-state index >= 15 is 0 Å². The predicted molar refractivity (Wildman–Crippen MR) is 125 cm³/mol. The van der Waals surface area contributed by atoms with Crippen molar-refractivity contribution in [3.8, 4) is 5.75 Å². The van der Waals surface area contributed by atoms with Gasteiger partial charge < -0.3 is 19.9 Å². The Labute approximate surface area is 188 Å². The van der Waals surface area contributed by atoms with E-state index < -0.39 is 0 Å². The molecular weight excluding hydrogens is 483 g/mol. The second-order valence-corrected chi connectivity index (χ2v) is 6.87. The standard InChI is InChI=1S/C20H28N6O2.HI/c1-5-21-20(22-11-16-8-15(2)9-18(10-16)28-4)25-6-7-26(19(27)14-25)17-12-23-24(3)13-17;/h8-10,12-13H,5-7,11,14H2,1-4H3,(H,21,22);1H. The number of rotatable bonds is 5. The Bertz CT molecular complexity index is 866. The highest BCUT2D eigenvalue weighted by molar-refractivity contribution is 14.0. The largest absolute Gasteiger partial charge is 0.497 e. The van der Waals surface area contributed by atoms with Crippen LogP contribution in [0.15, 0.2) is 35.6 Å². The minimum atomic E-state index is 0. The Morgan fingerprint density at radius 2 is 2.10 bits per heavy atom. The zero-order valence-corrected chi connectivity index (χ0v) is 19.7. The first-order valence-corrected chi connectivity index (χ1v) is 9.47. The highest BCUT2D eigenvalue weighted by Gasteiger charge is 2.27. The molecule has 2 heterocycles. The third-order valence-electron chi connectivity index (χ3n) is 4.62. The van der Waals surface area contributed by atoms with Crippen LogP contribution in [0.25, 0.3) is 0 Å². The van der Waals surface area contributed by atoms with E-state index in [0.717, 1.165) is 35.1 Å². The van der Waals surface area contributed by atoms with Gasteiger partial charge in [-0.2, -0.15) is 5.10 Å². The fourth-order valence-electron chi connectivity index (χ4n) is 3.30. The van der Waals surface area contributed by atoms with Crippen LogP contribution >= 0.6 is 24.0 Å². The lowest BCUT2D eigenvalue weighted by atomic mass is 10.1. The highest BCUT2D eigenvalue weighted by Crippen LogP contribution is 2.18. The quantitative estimate of drug-likeness (QED) is 0.378. The fourth-order valence-corrected chi connectivity index (χ4v) is 3.30. The number of hydrogen-bond acceptors (Lipinski definition) is 4. The molecule has 1 fully saturated rings. The number of aliphatic imine (C=N–C) groups is 1. The predicted octanol–water partition coefficient (Wildman–Crippen LogP) is 2.17. The molecule has 158 valence electrons. The number of carbonyl (C=O) groups excluding carboxylic acids is 1. The molecule has 1 N–H and O–H groups in total. The van der Waals surface area contributed by atoms with Gasteiger partial charge in [0.25, 0.3) is 0 Å². The van der Waals surface area contributed by atoms with Crippen LogP contribution in [0.2, 0.25) is 0 Å². The van der Waals surface area contributed by atoms with Crippen LogP contribution in [-0.4, -0.2) is 59.8 Å². The van der Waals surface area contributed by atoms with Crippen LogP contribution < -0.4 is 15.0 Å². The normalized spacial score (nSPS) is 14.6. The van der Waals surface area contributed by atoms with E-state index in [0.29, 0.717) is 19.6 Å². The number of hydrogen-bond donors (Lipinski definition) is 1. The van der Waals surface area contributed by atoms with Crippen LogP contribution in [0.1, 0.15) is 18.1 Å². The van der Waals surface area contributed by atoms with E-state index in [2.05, 4.69) is 16.5 Å². The lowest BCUT2D eigenvalue weighted by Crippen LogP contribution is -2.55. The SMILES string of the molecule is CCNC(=NCc1cc(C)cc(OC)c1)N1CCN(c2cnn(C)c2)C(=O)C1.I. The summed E-state index contributed by atoms with van der Waals surface area (Å²) in [6, 6.07) is 6.08. The first kappa shape index (κ1) is 23.0. The first-order chi connectivity index (χ1) is 13.5. The second kappa shape index (κ2) is 10.5. The first-order valence-electron chi connectivity index (χ1n) is 9.47. The summed E-state index contributed by atoms with van der Waals surface area (Å²) >= 11 is 0. The van der Waals surface area contributed by atoms with E-state index in [-0.39, 0.29) is 36.4 Å². The van der Waals surface area contributed by atoms with E-state index in [9.17, 15) is 4.79 Å². The number of anilines is 1. The summed E-state index contributed by atoms with van der Waals surface area (Å²) in [5, 5.41) is 7.46. The third-order valence-corrected chi connectivity index (χ3v) is 4.62. The topological polar surface area (TPSA) is 75.0 Å². The van der Waals surface area contributed by atoms with E-state index in [4.69, 9.17) is 9.73 Å². The molecular formula is C20H29IN6O2. The maximum absolute atomic E-state index is 12.7. The molecule has 1 saturated heterocycles. The Balaban J connectivity index is 0.00000300. The Hall–Kier alpha value is -2.30. The molecule has 0 bridgehead atoms. The van der Waals surface area contributed by atoms with Crippen LogP contribution in [-0.2, 0) is 18.4 Å². The van der Waals surface area contributed by atoms with Crippen LogP contribution in [0.3, 0.4) is 0 Å². The number of piperazine rings is 1. The van der Waals surface area contributed by atoms with Gasteiger partial charge >= 0.3 is 0 Å². The summed E-state index contributed by atoms with van der Waals surface area (Å²) < 4.78 is 7.05. The number of ether oxygens (including phenoxy) is 1. The molecule has 1 aromatic carbocycles. The molecule has 1 amide bonds. The van der Waals surface area contributed by atoms with Crippen LogP contribution in [0.5, 0.6) is 5.75 Å². The molecule has 1 aliphatic rings. The number of halogens is 1. The van der Waals surface area contributed by atoms with Crippen molar-refractivity contribution in [3.05, 3.63) is 41.7 Å². The number of aryl methyl sites for hydroxylation is 2. The molecule has 0 spiro atoms. The number of methoxy groups -OCH3 is 1. The summed E-state index contributed by atoms with van der Waals surface area (Å²) in [7, 11) is 3.51. The van der Waals surface area contributed by atoms with E-state index in [1.807, 2.05) is 44.1 Å². The van der Waals surface area contributed by atoms with Crippen LogP contribution in [0.4, 0.5) is 5.69 Å². The lowest BCUT2D eigenvalue weighted by Gasteiger charge is -2.35. The molecule has 9 heteroatoms. The van der Waals surface area contributed by atoms with Gasteiger partial charge in [-0.25, -0.2) is 4.99 Å². The van der Waals surface area contributed by atoms with E-state index in [1.165, 1.54) is 0 Å². The minimum Gasteiger partial charge on any atom is -0.497 e. The van der Waals surface area contributed by atoms with Crippen molar-refractivity contribution in [2.45, 2.75) is 20.4 Å².